The number of likely N-dealkylation sites (tertiary alicyclic amines) is 1. The number of nitrogens with zero attached hydrogens (tertiary/aromatic N) is 4. The number of aromatic amines is 1. The molecule has 0 atom stereocenters. The van der Waals surface area contributed by atoms with Crippen molar-refractivity contribution >= 4 is 5.91 Å². The van der Waals surface area contributed by atoms with Gasteiger partial charge in [0.2, 0.25) is 0 Å². The number of piperidine rings is 1. The monoisotopic (exact) mass is 301 g/mol. The highest BCUT2D eigenvalue weighted by Gasteiger charge is 2.24. The number of hydrogen-bond acceptors (Lipinski definition) is 4. The summed E-state index contributed by atoms with van der Waals surface area (Å²) in [6.45, 7) is 3.87. The summed E-state index contributed by atoms with van der Waals surface area (Å²) >= 11 is 0. The Morgan fingerprint density at radius 3 is 2.82 bits per heavy atom. The summed E-state index contributed by atoms with van der Waals surface area (Å²) in [5.41, 5.74) is 1.28. The molecule has 3 heterocycles. The standard InChI is InChI=1S/C15H19N5O2/c1-11-6-16-10-20(14(11)21)9-12-2-4-19(5-3-12)15(22)13-7-17-18-8-13/h6-8,10,12H,2-5,9H2,1H3,(H,17,18). The van der Waals surface area contributed by atoms with Crippen LogP contribution in [0.2, 0.25) is 0 Å². The van der Waals surface area contributed by atoms with Gasteiger partial charge in [0.1, 0.15) is 0 Å². The van der Waals surface area contributed by atoms with Crippen molar-refractivity contribution in [1.82, 2.24) is 24.6 Å². The molecule has 1 aliphatic heterocycles. The van der Waals surface area contributed by atoms with Crippen molar-refractivity contribution in [3.05, 3.63) is 46.4 Å². The van der Waals surface area contributed by atoms with Crippen LogP contribution in [-0.2, 0) is 6.54 Å². The van der Waals surface area contributed by atoms with Gasteiger partial charge in [0.05, 0.1) is 18.1 Å². The number of carbonyl (C=O) groups is 1. The maximum absolute atomic E-state index is 12.2. The molecular weight excluding hydrogens is 282 g/mol. The van der Waals surface area contributed by atoms with E-state index in [0.717, 1.165) is 12.8 Å². The summed E-state index contributed by atoms with van der Waals surface area (Å²) in [6, 6.07) is 0. The number of H-pyrrole nitrogens is 1. The molecule has 1 saturated heterocycles. The highest BCUT2D eigenvalue weighted by atomic mass is 16.2. The van der Waals surface area contributed by atoms with Crippen LogP contribution in [-0.4, -0.2) is 43.6 Å². The molecule has 0 bridgehead atoms. The average molecular weight is 301 g/mol. The van der Waals surface area contributed by atoms with Gasteiger partial charge in [-0.15, -0.1) is 0 Å². The van der Waals surface area contributed by atoms with E-state index in [4.69, 9.17) is 0 Å². The average Bonchev–Trinajstić information content (AvgIpc) is 3.06. The molecule has 0 aliphatic carbocycles. The fraction of sp³-hybridized carbons (Fsp3) is 0.467. The molecule has 0 unspecified atom stereocenters. The Hall–Kier alpha value is -2.44. The molecule has 1 aliphatic rings. The summed E-state index contributed by atoms with van der Waals surface area (Å²) in [5, 5.41) is 6.47. The number of nitrogens with one attached hydrogen (secondary N) is 1. The molecule has 7 heteroatoms. The zero-order valence-electron chi connectivity index (χ0n) is 12.5. The molecule has 3 rings (SSSR count). The van der Waals surface area contributed by atoms with Gasteiger partial charge in [-0.05, 0) is 25.7 Å². The van der Waals surface area contributed by atoms with Gasteiger partial charge in [-0.3, -0.25) is 19.3 Å². The lowest BCUT2D eigenvalue weighted by Crippen LogP contribution is -2.40. The predicted molar refractivity (Wildman–Crippen MR) is 80.4 cm³/mol. The number of hydrogen-bond donors (Lipinski definition) is 1. The summed E-state index contributed by atoms with van der Waals surface area (Å²) in [6.07, 6.45) is 8.14. The molecule has 0 aromatic carbocycles. The molecule has 1 fully saturated rings. The van der Waals surface area contributed by atoms with Crippen LogP contribution in [0.3, 0.4) is 0 Å². The third kappa shape index (κ3) is 2.93. The van der Waals surface area contributed by atoms with Gasteiger partial charge >= 0.3 is 0 Å². The quantitative estimate of drug-likeness (QED) is 0.910. The van der Waals surface area contributed by atoms with E-state index in [0.29, 0.717) is 36.7 Å². The van der Waals surface area contributed by atoms with Crippen LogP contribution in [0.15, 0.2) is 29.7 Å². The minimum atomic E-state index is 0.0154. The Labute approximate surface area is 128 Å². The lowest BCUT2D eigenvalue weighted by Gasteiger charge is -2.32. The molecule has 0 spiro atoms. The summed E-state index contributed by atoms with van der Waals surface area (Å²) < 4.78 is 1.67. The Morgan fingerprint density at radius 1 is 1.36 bits per heavy atom. The Kier molecular flexibility index (Phi) is 4.04. The van der Waals surface area contributed by atoms with E-state index in [1.807, 2.05) is 4.90 Å². The molecule has 1 amide bonds. The second-order valence-electron chi connectivity index (χ2n) is 5.76. The fourth-order valence-corrected chi connectivity index (χ4v) is 2.84. The Morgan fingerprint density at radius 2 is 2.14 bits per heavy atom. The van der Waals surface area contributed by atoms with E-state index in [-0.39, 0.29) is 11.5 Å². The van der Waals surface area contributed by atoms with E-state index in [1.54, 1.807) is 36.4 Å². The van der Waals surface area contributed by atoms with Crippen molar-refractivity contribution in [2.75, 3.05) is 13.1 Å². The van der Waals surface area contributed by atoms with E-state index in [9.17, 15) is 9.59 Å². The van der Waals surface area contributed by atoms with Crippen molar-refractivity contribution in [1.29, 1.82) is 0 Å². The van der Waals surface area contributed by atoms with Gasteiger partial charge in [-0.25, -0.2) is 4.98 Å². The van der Waals surface area contributed by atoms with Crippen LogP contribution in [0.5, 0.6) is 0 Å². The van der Waals surface area contributed by atoms with E-state index >= 15 is 0 Å². The Balaban J connectivity index is 1.59. The predicted octanol–water partition coefficient (Wildman–Crippen LogP) is 0.827. The first-order chi connectivity index (χ1) is 10.6. The fourth-order valence-electron chi connectivity index (χ4n) is 2.84. The lowest BCUT2D eigenvalue weighted by atomic mass is 9.96. The van der Waals surface area contributed by atoms with Gasteiger partial charge in [-0.2, -0.15) is 5.10 Å². The first-order valence-electron chi connectivity index (χ1n) is 7.44. The van der Waals surface area contributed by atoms with Gasteiger partial charge in [0, 0.05) is 37.6 Å². The second kappa shape index (κ2) is 6.13. The Bertz CT molecular complexity index is 699. The molecular formula is C15H19N5O2. The van der Waals surface area contributed by atoms with Crippen LogP contribution in [0.1, 0.15) is 28.8 Å². The lowest BCUT2D eigenvalue weighted by molar-refractivity contribution is 0.0682. The maximum atomic E-state index is 12.2. The molecule has 1 N–H and O–H groups in total. The zero-order valence-corrected chi connectivity index (χ0v) is 12.5. The molecule has 116 valence electrons. The number of rotatable bonds is 3. The number of amides is 1. The third-order valence-electron chi connectivity index (χ3n) is 4.17. The van der Waals surface area contributed by atoms with Crippen LogP contribution < -0.4 is 5.56 Å². The largest absolute Gasteiger partial charge is 0.339 e. The van der Waals surface area contributed by atoms with Gasteiger partial charge < -0.3 is 4.90 Å². The normalized spacial score (nSPS) is 16.0. The van der Waals surface area contributed by atoms with Crippen LogP contribution in [0, 0.1) is 12.8 Å². The zero-order chi connectivity index (χ0) is 15.5. The van der Waals surface area contributed by atoms with Crippen LogP contribution in [0.25, 0.3) is 0 Å². The second-order valence-corrected chi connectivity index (χ2v) is 5.76. The van der Waals surface area contributed by atoms with Crippen molar-refractivity contribution in [3.8, 4) is 0 Å². The summed E-state index contributed by atoms with van der Waals surface area (Å²) in [4.78, 5) is 30.2. The van der Waals surface area contributed by atoms with E-state index < -0.39 is 0 Å². The number of carbonyl (C=O) groups excluding carboxylic acids is 1. The maximum Gasteiger partial charge on any atom is 0.257 e. The summed E-state index contributed by atoms with van der Waals surface area (Å²) in [7, 11) is 0. The topological polar surface area (TPSA) is 83.9 Å². The van der Waals surface area contributed by atoms with Crippen LogP contribution >= 0.6 is 0 Å². The van der Waals surface area contributed by atoms with E-state index in [1.165, 1.54) is 0 Å². The molecule has 7 nitrogen and oxygen atoms in total. The molecule has 2 aromatic heterocycles. The third-order valence-corrected chi connectivity index (χ3v) is 4.17. The first-order valence-corrected chi connectivity index (χ1v) is 7.44. The van der Waals surface area contributed by atoms with E-state index in [2.05, 4.69) is 15.2 Å². The molecule has 2 aromatic rings. The highest BCUT2D eigenvalue weighted by molar-refractivity contribution is 5.93. The van der Waals surface area contributed by atoms with Crippen LogP contribution in [0.4, 0.5) is 0 Å². The smallest absolute Gasteiger partial charge is 0.257 e. The number of aryl methyl sites for hydroxylation is 1. The molecule has 22 heavy (non-hydrogen) atoms. The molecule has 0 saturated carbocycles. The highest BCUT2D eigenvalue weighted by Crippen LogP contribution is 2.20. The SMILES string of the molecule is Cc1cncn(CC2CCN(C(=O)c3cn[nH]c3)CC2)c1=O. The first kappa shape index (κ1) is 14.5. The minimum absolute atomic E-state index is 0.0154. The van der Waals surface area contributed by atoms with Gasteiger partial charge in [-0.1, -0.05) is 0 Å². The van der Waals surface area contributed by atoms with Gasteiger partial charge in [0.15, 0.2) is 0 Å². The summed E-state index contributed by atoms with van der Waals surface area (Å²) in [5.74, 6) is 0.413. The van der Waals surface area contributed by atoms with Crippen molar-refractivity contribution < 1.29 is 4.79 Å². The minimum Gasteiger partial charge on any atom is -0.339 e. The number of aromatic nitrogens is 4. The van der Waals surface area contributed by atoms with Crippen molar-refractivity contribution in [2.24, 2.45) is 5.92 Å². The molecule has 0 radical (unpaired) electrons. The van der Waals surface area contributed by atoms with Crippen molar-refractivity contribution in [2.45, 2.75) is 26.3 Å². The van der Waals surface area contributed by atoms with Crippen molar-refractivity contribution in [3.63, 3.8) is 0 Å². The van der Waals surface area contributed by atoms with Gasteiger partial charge in [0.25, 0.3) is 11.5 Å².